The molecule has 4 rings (SSSR count). The highest BCUT2D eigenvalue weighted by molar-refractivity contribution is 7.99. The Hall–Kier alpha value is -2.77. The third kappa shape index (κ3) is 6.16. The largest absolute Gasteiger partial charge is 0.0901 e. The zero-order chi connectivity index (χ0) is 18.9. The van der Waals surface area contributed by atoms with Crippen molar-refractivity contribution in [3.05, 3.63) is 120 Å². The number of aryl methyl sites for hydroxylation is 2. The fourth-order valence-corrected chi connectivity index (χ4v) is 3.45. The summed E-state index contributed by atoms with van der Waals surface area (Å²) in [4.78, 5) is 2.58. The Balaban J connectivity index is 0.000000156. The van der Waals surface area contributed by atoms with Crippen molar-refractivity contribution in [3.8, 4) is 11.1 Å². The Labute approximate surface area is 166 Å². The van der Waals surface area contributed by atoms with Crippen molar-refractivity contribution in [3.63, 3.8) is 0 Å². The predicted octanol–water partition coefficient (Wildman–Crippen LogP) is 7.81. The fraction of sp³-hybridized carbons (Fsp3) is 0.0769. The predicted molar refractivity (Wildman–Crippen MR) is 118 cm³/mol. The zero-order valence-corrected chi connectivity index (χ0v) is 16.6. The SMILES string of the molecule is Cc1ccc(-c2ccccc2)cc1.Cc1ccc(Sc2ccccc2)cc1. The molecule has 0 aromatic heterocycles. The second-order valence-electron chi connectivity index (χ2n) is 6.46. The molecular weight excluding hydrogens is 344 g/mol. The molecular formula is C26H24S. The third-order valence-corrected chi connectivity index (χ3v) is 5.17. The number of rotatable bonds is 3. The lowest BCUT2D eigenvalue weighted by Crippen LogP contribution is -1.76. The molecule has 0 saturated carbocycles. The smallest absolute Gasteiger partial charge is 0.0122 e. The van der Waals surface area contributed by atoms with Gasteiger partial charge in [0, 0.05) is 9.79 Å². The van der Waals surface area contributed by atoms with Gasteiger partial charge in [-0.3, -0.25) is 0 Å². The maximum Gasteiger partial charge on any atom is 0.0122 e. The first-order valence-corrected chi connectivity index (χ1v) is 9.94. The Kier molecular flexibility index (Phi) is 6.90. The molecule has 0 aliphatic rings. The van der Waals surface area contributed by atoms with E-state index in [0.29, 0.717) is 0 Å². The lowest BCUT2D eigenvalue weighted by molar-refractivity contribution is 1.36. The molecule has 0 spiro atoms. The highest BCUT2D eigenvalue weighted by Gasteiger charge is 1.95. The Morgan fingerprint density at radius 3 is 1.37 bits per heavy atom. The lowest BCUT2D eigenvalue weighted by atomic mass is 10.0. The van der Waals surface area contributed by atoms with E-state index in [2.05, 4.69) is 111 Å². The average Bonchev–Trinajstić information content (AvgIpc) is 2.72. The lowest BCUT2D eigenvalue weighted by Gasteiger charge is -2.01. The van der Waals surface area contributed by atoms with Crippen LogP contribution in [0.2, 0.25) is 0 Å². The molecule has 0 N–H and O–H groups in total. The summed E-state index contributed by atoms with van der Waals surface area (Å²) in [7, 11) is 0. The topological polar surface area (TPSA) is 0 Å². The van der Waals surface area contributed by atoms with Crippen LogP contribution in [-0.4, -0.2) is 0 Å². The summed E-state index contributed by atoms with van der Waals surface area (Å²) in [6, 6.07) is 38.1. The molecule has 0 bridgehead atoms. The number of benzene rings is 4. The van der Waals surface area contributed by atoms with Crippen molar-refractivity contribution in [2.75, 3.05) is 0 Å². The van der Waals surface area contributed by atoms with Crippen LogP contribution in [0.1, 0.15) is 11.1 Å². The standard InChI is InChI=1S/C13H12S.C13H12/c1-11-7-9-13(10-8-11)14-12-5-3-2-4-6-12;1-11-7-9-13(10-8-11)12-5-3-2-4-6-12/h2-10H,1H3;2-10H,1H3. The molecule has 0 atom stereocenters. The highest BCUT2D eigenvalue weighted by atomic mass is 32.2. The second kappa shape index (κ2) is 9.80. The number of hydrogen-bond donors (Lipinski definition) is 0. The van der Waals surface area contributed by atoms with Crippen LogP contribution in [0.15, 0.2) is 119 Å². The van der Waals surface area contributed by atoms with Crippen LogP contribution in [0.4, 0.5) is 0 Å². The van der Waals surface area contributed by atoms with Crippen molar-refractivity contribution in [2.45, 2.75) is 23.6 Å². The molecule has 134 valence electrons. The summed E-state index contributed by atoms with van der Waals surface area (Å²) in [5, 5.41) is 0. The van der Waals surface area contributed by atoms with E-state index < -0.39 is 0 Å². The normalized spacial score (nSPS) is 10.0. The molecule has 0 heterocycles. The van der Waals surface area contributed by atoms with E-state index in [1.165, 1.54) is 32.0 Å². The maximum atomic E-state index is 2.16. The van der Waals surface area contributed by atoms with Crippen molar-refractivity contribution in [1.29, 1.82) is 0 Å². The monoisotopic (exact) mass is 368 g/mol. The molecule has 4 aromatic rings. The van der Waals surface area contributed by atoms with Gasteiger partial charge < -0.3 is 0 Å². The summed E-state index contributed by atoms with van der Waals surface area (Å²) in [6.07, 6.45) is 0. The van der Waals surface area contributed by atoms with Gasteiger partial charge in [-0.1, -0.05) is 108 Å². The summed E-state index contributed by atoms with van der Waals surface area (Å²) < 4.78 is 0. The molecule has 0 nitrogen and oxygen atoms in total. The molecule has 0 aliphatic carbocycles. The van der Waals surface area contributed by atoms with Crippen LogP contribution in [0.25, 0.3) is 11.1 Å². The van der Waals surface area contributed by atoms with Gasteiger partial charge in [-0.05, 0) is 49.2 Å². The number of hydrogen-bond acceptors (Lipinski definition) is 1. The summed E-state index contributed by atoms with van der Waals surface area (Å²) in [5.41, 5.74) is 5.18. The maximum absolute atomic E-state index is 2.16. The highest BCUT2D eigenvalue weighted by Crippen LogP contribution is 2.27. The van der Waals surface area contributed by atoms with E-state index in [9.17, 15) is 0 Å². The first-order chi connectivity index (χ1) is 13.2. The third-order valence-electron chi connectivity index (χ3n) is 4.16. The van der Waals surface area contributed by atoms with E-state index in [0.717, 1.165) is 0 Å². The van der Waals surface area contributed by atoms with Gasteiger partial charge in [0.1, 0.15) is 0 Å². The van der Waals surface area contributed by atoms with E-state index in [-0.39, 0.29) is 0 Å². The van der Waals surface area contributed by atoms with Crippen molar-refractivity contribution >= 4 is 11.8 Å². The molecule has 4 aromatic carbocycles. The molecule has 1 heteroatoms. The minimum Gasteiger partial charge on any atom is -0.0901 e. The van der Waals surface area contributed by atoms with Gasteiger partial charge in [0.2, 0.25) is 0 Å². The van der Waals surface area contributed by atoms with Gasteiger partial charge in [0.05, 0.1) is 0 Å². The molecule has 0 amide bonds. The van der Waals surface area contributed by atoms with Crippen molar-refractivity contribution in [2.24, 2.45) is 0 Å². The van der Waals surface area contributed by atoms with Gasteiger partial charge in [-0.25, -0.2) is 0 Å². The van der Waals surface area contributed by atoms with Crippen LogP contribution in [-0.2, 0) is 0 Å². The summed E-state index contributed by atoms with van der Waals surface area (Å²) >= 11 is 1.80. The molecule has 0 unspecified atom stereocenters. The Morgan fingerprint density at radius 2 is 0.815 bits per heavy atom. The molecule has 0 saturated heterocycles. The van der Waals surface area contributed by atoms with Gasteiger partial charge in [-0.2, -0.15) is 0 Å². The van der Waals surface area contributed by atoms with Gasteiger partial charge >= 0.3 is 0 Å². The van der Waals surface area contributed by atoms with Crippen LogP contribution < -0.4 is 0 Å². The van der Waals surface area contributed by atoms with Crippen LogP contribution in [0, 0.1) is 13.8 Å². The van der Waals surface area contributed by atoms with Crippen LogP contribution in [0.3, 0.4) is 0 Å². The van der Waals surface area contributed by atoms with Gasteiger partial charge in [0.25, 0.3) is 0 Å². The summed E-state index contributed by atoms with van der Waals surface area (Å²) in [5.74, 6) is 0. The molecule has 0 fully saturated rings. The van der Waals surface area contributed by atoms with Gasteiger partial charge in [0.15, 0.2) is 0 Å². The van der Waals surface area contributed by atoms with Crippen LogP contribution in [0.5, 0.6) is 0 Å². The molecule has 0 aliphatic heterocycles. The van der Waals surface area contributed by atoms with E-state index in [4.69, 9.17) is 0 Å². The Morgan fingerprint density at radius 1 is 0.407 bits per heavy atom. The fourth-order valence-electron chi connectivity index (χ4n) is 2.61. The quantitative estimate of drug-likeness (QED) is 0.355. The van der Waals surface area contributed by atoms with E-state index >= 15 is 0 Å². The van der Waals surface area contributed by atoms with Gasteiger partial charge in [-0.15, -0.1) is 0 Å². The first-order valence-electron chi connectivity index (χ1n) is 9.12. The van der Waals surface area contributed by atoms with E-state index in [1.807, 2.05) is 12.1 Å². The first kappa shape index (κ1) is 19.0. The van der Waals surface area contributed by atoms with Crippen molar-refractivity contribution in [1.82, 2.24) is 0 Å². The van der Waals surface area contributed by atoms with E-state index in [1.54, 1.807) is 11.8 Å². The minimum atomic E-state index is 1.28. The summed E-state index contributed by atoms with van der Waals surface area (Å²) in [6.45, 7) is 4.21. The Bertz CT molecular complexity index is 925. The van der Waals surface area contributed by atoms with Crippen LogP contribution >= 0.6 is 11.8 Å². The van der Waals surface area contributed by atoms with Crippen molar-refractivity contribution < 1.29 is 0 Å². The minimum absolute atomic E-state index is 1.28. The molecule has 27 heavy (non-hydrogen) atoms. The molecule has 0 radical (unpaired) electrons. The average molecular weight is 369 g/mol. The zero-order valence-electron chi connectivity index (χ0n) is 15.8. The second-order valence-corrected chi connectivity index (χ2v) is 7.61.